The van der Waals surface area contributed by atoms with Crippen LogP contribution in [0.5, 0.6) is 0 Å². The van der Waals surface area contributed by atoms with Gasteiger partial charge >= 0.3 is 0 Å². The molecule has 2 heterocycles. The number of hydrogen-bond acceptors (Lipinski definition) is 3. The monoisotopic (exact) mass is 268 g/mol. The highest BCUT2D eigenvalue weighted by atomic mass is 16.1. The van der Waals surface area contributed by atoms with E-state index in [1.165, 1.54) is 24.9 Å². The van der Waals surface area contributed by atoms with Crippen molar-refractivity contribution in [3.8, 4) is 0 Å². The van der Waals surface area contributed by atoms with Crippen molar-refractivity contribution in [3.05, 3.63) is 66.0 Å². The van der Waals surface area contributed by atoms with Gasteiger partial charge in [0.1, 0.15) is 6.29 Å². The SMILES string of the molecule is CN1CCC[C@H]1c1cccnc1.O=Cc1ccccc1. The molecule has 1 saturated heterocycles. The second-order valence-electron chi connectivity index (χ2n) is 4.95. The van der Waals surface area contributed by atoms with Gasteiger partial charge in [-0.15, -0.1) is 0 Å². The molecule has 1 fully saturated rings. The third kappa shape index (κ3) is 4.00. The zero-order valence-corrected chi connectivity index (χ0v) is 11.8. The Labute approximate surface area is 120 Å². The summed E-state index contributed by atoms with van der Waals surface area (Å²) in [6.45, 7) is 1.22. The standard InChI is InChI=1S/C10H14N2.C7H6O/c1-12-7-3-5-10(12)9-4-2-6-11-8-9;8-6-7-4-2-1-3-5-7/h2,4,6,8,10H,3,5,7H2,1H3;1-6H/t10-;/m0./s1. The fourth-order valence-corrected chi connectivity index (χ4v) is 2.44. The highest BCUT2D eigenvalue weighted by Crippen LogP contribution is 2.29. The quantitative estimate of drug-likeness (QED) is 0.783. The Balaban J connectivity index is 0.000000160. The highest BCUT2D eigenvalue weighted by molar-refractivity contribution is 5.74. The van der Waals surface area contributed by atoms with Gasteiger partial charge in [-0.3, -0.25) is 14.7 Å². The van der Waals surface area contributed by atoms with Gasteiger partial charge in [0, 0.05) is 24.0 Å². The molecule has 0 bridgehead atoms. The van der Waals surface area contributed by atoms with Crippen LogP contribution in [0.1, 0.15) is 34.8 Å². The van der Waals surface area contributed by atoms with Gasteiger partial charge in [-0.05, 0) is 38.1 Å². The molecule has 20 heavy (non-hydrogen) atoms. The number of likely N-dealkylation sites (tertiary alicyclic amines) is 1. The summed E-state index contributed by atoms with van der Waals surface area (Å²) >= 11 is 0. The molecular weight excluding hydrogens is 248 g/mol. The maximum absolute atomic E-state index is 10.0. The maximum atomic E-state index is 10.0. The normalized spacial score (nSPS) is 18.1. The minimum absolute atomic E-state index is 0.610. The van der Waals surface area contributed by atoms with E-state index < -0.39 is 0 Å². The van der Waals surface area contributed by atoms with Gasteiger partial charge in [-0.25, -0.2) is 0 Å². The summed E-state index contributed by atoms with van der Waals surface area (Å²) in [4.78, 5) is 16.5. The number of pyridine rings is 1. The Kier molecular flexibility index (Phi) is 5.44. The van der Waals surface area contributed by atoms with Crippen molar-refractivity contribution >= 4 is 6.29 Å². The van der Waals surface area contributed by atoms with E-state index in [-0.39, 0.29) is 0 Å². The van der Waals surface area contributed by atoms with Crippen molar-refractivity contribution in [2.24, 2.45) is 0 Å². The first-order chi connectivity index (χ1) is 9.81. The van der Waals surface area contributed by atoms with Crippen molar-refractivity contribution in [1.29, 1.82) is 0 Å². The van der Waals surface area contributed by atoms with Crippen molar-refractivity contribution in [3.63, 3.8) is 0 Å². The van der Waals surface area contributed by atoms with Crippen LogP contribution >= 0.6 is 0 Å². The Bertz CT molecular complexity index is 513. The van der Waals surface area contributed by atoms with Crippen molar-refractivity contribution < 1.29 is 4.79 Å². The van der Waals surface area contributed by atoms with E-state index in [0.717, 1.165) is 11.8 Å². The second kappa shape index (κ2) is 7.56. The lowest BCUT2D eigenvalue weighted by Gasteiger charge is -2.18. The third-order valence-corrected chi connectivity index (χ3v) is 3.53. The predicted molar refractivity (Wildman–Crippen MR) is 80.7 cm³/mol. The number of aromatic nitrogens is 1. The van der Waals surface area contributed by atoms with Crippen LogP contribution in [0.15, 0.2) is 54.9 Å². The van der Waals surface area contributed by atoms with E-state index in [9.17, 15) is 4.79 Å². The van der Waals surface area contributed by atoms with Gasteiger partial charge in [0.15, 0.2) is 0 Å². The summed E-state index contributed by atoms with van der Waals surface area (Å²) in [5.74, 6) is 0. The molecule has 2 aromatic rings. The van der Waals surface area contributed by atoms with Crippen LogP contribution in [-0.4, -0.2) is 29.8 Å². The van der Waals surface area contributed by atoms with Crippen molar-refractivity contribution in [2.45, 2.75) is 18.9 Å². The largest absolute Gasteiger partial charge is 0.299 e. The molecular formula is C17H20N2O. The molecule has 0 spiro atoms. The smallest absolute Gasteiger partial charge is 0.150 e. The average Bonchev–Trinajstić information content (AvgIpc) is 2.96. The first kappa shape index (κ1) is 14.4. The molecule has 104 valence electrons. The van der Waals surface area contributed by atoms with Gasteiger partial charge in [-0.1, -0.05) is 36.4 Å². The molecule has 3 nitrogen and oxygen atoms in total. The molecule has 0 unspecified atom stereocenters. The summed E-state index contributed by atoms with van der Waals surface area (Å²) in [5, 5.41) is 0. The van der Waals surface area contributed by atoms with Crippen molar-refractivity contribution in [2.75, 3.05) is 13.6 Å². The van der Waals surface area contributed by atoms with E-state index in [4.69, 9.17) is 0 Å². The number of carbonyl (C=O) groups is 1. The Morgan fingerprint density at radius 1 is 1.20 bits per heavy atom. The van der Waals surface area contributed by atoms with Crippen LogP contribution in [-0.2, 0) is 0 Å². The number of rotatable bonds is 2. The molecule has 1 atom stereocenters. The van der Waals surface area contributed by atoms with Gasteiger partial charge in [-0.2, -0.15) is 0 Å². The zero-order valence-electron chi connectivity index (χ0n) is 11.8. The molecule has 1 aromatic carbocycles. The van der Waals surface area contributed by atoms with Crippen LogP contribution < -0.4 is 0 Å². The number of aldehydes is 1. The van der Waals surface area contributed by atoms with E-state index in [2.05, 4.69) is 23.0 Å². The lowest BCUT2D eigenvalue weighted by atomic mass is 10.1. The van der Waals surface area contributed by atoms with E-state index in [0.29, 0.717) is 6.04 Å². The molecule has 1 aromatic heterocycles. The Morgan fingerprint density at radius 2 is 2.00 bits per heavy atom. The average molecular weight is 268 g/mol. The Hall–Kier alpha value is -2.00. The molecule has 0 aliphatic carbocycles. The van der Waals surface area contributed by atoms with Gasteiger partial charge in [0.2, 0.25) is 0 Å². The van der Waals surface area contributed by atoms with E-state index >= 15 is 0 Å². The number of hydrogen-bond donors (Lipinski definition) is 0. The molecule has 3 heteroatoms. The topological polar surface area (TPSA) is 33.2 Å². The van der Waals surface area contributed by atoms with Crippen LogP contribution in [0.2, 0.25) is 0 Å². The lowest BCUT2D eigenvalue weighted by Crippen LogP contribution is -2.17. The van der Waals surface area contributed by atoms with E-state index in [1.54, 1.807) is 12.1 Å². The van der Waals surface area contributed by atoms with Crippen LogP contribution in [0, 0.1) is 0 Å². The maximum Gasteiger partial charge on any atom is 0.150 e. The zero-order chi connectivity index (χ0) is 14.2. The van der Waals surface area contributed by atoms with Gasteiger partial charge in [0.25, 0.3) is 0 Å². The van der Waals surface area contributed by atoms with Crippen molar-refractivity contribution in [1.82, 2.24) is 9.88 Å². The molecule has 3 rings (SSSR count). The summed E-state index contributed by atoms with van der Waals surface area (Å²) in [5.41, 5.74) is 2.09. The molecule has 0 N–H and O–H groups in total. The second-order valence-corrected chi connectivity index (χ2v) is 4.95. The summed E-state index contributed by atoms with van der Waals surface area (Å²) < 4.78 is 0. The lowest BCUT2D eigenvalue weighted by molar-refractivity contribution is 0.112. The molecule has 1 aliphatic rings. The predicted octanol–water partition coefficient (Wildman–Crippen LogP) is 3.35. The third-order valence-electron chi connectivity index (χ3n) is 3.53. The summed E-state index contributed by atoms with van der Waals surface area (Å²) in [6.07, 6.45) is 7.24. The minimum atomic E-state index is 0.610. The Morgan fingerprint density at radius 3 is 2.50 bits per heavy atom. The summed E-state index contributed by atoms with van der Waals surface area (Å²) in [6, 6.07) is 13.9. The number of benzene rings is 1. The number of carbonyl (C=O) groups excluding carboxylic acids is 1. The van der Waals surface area contributed by atoms with Crippen LogP contribution in [0.25, 0.3) is 0 Å². The van der Waals surface area contributed by atoms with Crippen LogP contribution in [0.4, 0.5) is 0 Å². The van der Waals surface area contributed by atoms with Gasteiger partial charge < -0.3 is 0 Å². The molecule has 1 aliphatic heterocycles. The summed E-state index contributed by atoms with van der Waals surface area (Å²) in [7, 11) is 2.19. The van der Waals surface area contributed by atoms with E-state index in [1.807, 2.05) is 36.7 Å². The van der Waals surface area contributed by atoms with Gasteiger partial charge in [0.05, 0.1) is 0 Å². The fraction of sp³-hybridized carbons (Fsp3) is 0.294. The first-order valence-electron chi connectivity index (χ1n) is 6.91. The minimum Gasteiger partial charge on any atom is -0.299 e. The number of nitrogens with zero attached hydrogens (tertiary/aromatic N) is 2. The fourth-order valence-electron chi connectivity index (χ4n) is 2.44. The van der Waals surface area contributed by atoms with Crippen LogP contribution in [0.3, 0.4) is 0 Å². The first-order valence-corrected chi connectivity index (χ1v) is 6.91. The molecule has 0 radical (unpaired) electrons. The molecule has 0 saturated carbocycles. The highest BCUT2D eigenvalue weighted by Gasteiger charge is 2.21. The molecule has 0 amide bonds.